The Morgan fingerprint density at radius 1 is 1.33 bits per heavy atom. The van der Waals surface area contributed by atoms with Gasteiger partial charge in [-0.1, -0.05) is 0 Å². The Bertz CT molecular complexity index is 312. The quantitative estimate of drug-likeness (QED) is 0.675. The Hall–Kier alpha value is -1.30. The summed E-state index contributed by atoms with van der Waals surface area (Å²) in [6.07, 6.45) is 2.42. The largest absolute Gasteiger partial charge is 0.480 e. The maximum atomic E-state index is 11.6. The topological polar surface area (TPSA) is 81.7 Å². The summed E-state index contributed by atoms with van der Waals surface area (Å²) in [4.78, 5) is 24.8. The summed E-state index contributed by atoms with van der Waals surface area (Å²) in [6.45, 7) is 7.66. The van der Waals surface area contributed by atoms with Crippen LogP contribution in [0.1, 0.15) is 33.6 Å². The van der Waals surface area contributed by atoms with Gasteiger partial charge < -0.3 is 15.7 Å². The van der Waals surface area contributed by atoms with E-state index in [1.165, 1.54) is 26.7 Å². The second kappa shape index (κ2) is 6.04. The minimum atomic E-state index is -1.25. The molecule has 0 bridgehead atoms. The van der Waals surface area contributed by atoms with Crippen molar-refractivity contribution in [3.05, 3.63) is 0 Å². The van der Waals surface area contributed by atoms with E-state index in [9.17, 15) is 9.59 Å². The van der Waals surface area contributed by atoms with E-state index in [-0.39, 0.29) is 6.04 Å². The van der Waals surface area contributed by atoms with Crippen molar-refractivity contribution in [2.45, 2.75) is 45.2 Å². The fourth-order valence-electron chi connectivity index (χ4n) is 1.93. The van der Waals surface area contributed by atoms with E-state index in [1.807, 2.05) is 0 Å². The van der Waals surface area contributed by atoms with E-state index in [0.29, 0.717) is 6.54 Å². The van der Waals surface area contributed by atoms with Crippen molar-refractivity contribution in [1.29, 1.82) is 0 Å². The Morgan fingerprint density at radius 2 is 1.89 bits per heavy atom. The SMILES string of the molecule is CC(CNC(=O)NC(C)(C)C(=O)O)N1CCCC1. The molecule has 6 heteroatoms. The van der Waals surface area contributed by atoms with Gasteiger partial charge in [0.1, 0.15) is 5.54 Å². The molecular formula is C12H23N3O3. The molecule has 0 radical (unpaired) electrons. The predicted molar refractivity (Wildman–Crippen MR) is 68.5 cm³/mol. The van der Waals surface area contributed by atoms with Gasteiger partial charge in [-0.25, -0.2) is 9.59 Å². The van der Waals surface area contributed by atoms with Crippen LogP contribution in [0.15, 0.2) is 0 Å². The highest BCUT2D eigenvalue weighted by Crippen LogP contribution is 2.10. The van der Waals surface area contributed by atoms with Crippen molar-refractivity contribution in [3.63, 3.8) is 0 Å². The summed E-state index contributed by atoms with van der Waals surface area (Å²) in [7, 11) is 0. The van der Waals surface area contributed by atoms with Crippen molar-refractivity contribution in [2.24, 2.45) is 0 Å². The van der Waals surface area contributed by atoms with Crippen LogP contribution in [-0.4, -0.2) is 53.2 Å². The molecule has 1 aliphatic rings. The Morgan fingerprint density at radius 3 is 2.39 bits per heavy atom. The number of urea groups is 1. The Balaban J connectivity index is 2.30. The molecule has 104 valence electrons. The molecule has 0 aromatic rings. The van der Waals surface area contributed by atoms with Gasteiger partial charge in [0, 0.05) is 12.6 Å². The number of hydrogen-bond acceptors (Lipinski definition) is 3. The molecule has 2 amide bonds. The highest BCUT2D eigenvalue weighted by atomic mass is 16.4. The van der Waals surface area contributed by atoms with Crippen LogP contribution < -0.4 is 10.6 Å². The summed E-state index contributed by atoms with van der Waals surface area (Å²) in [5, 5.41) is 14.0. The number of likely N-dealkylation sites (tertiary alicyclic amines) is 1. The Kier molecular flexibility index (Phi) is 4.95. The molecule has 0 aromatic heterocycles. The van der Waals surface area contributed by atoms with Crippen LogP contribution in [-0.2, 0) is 4.79 Å². The molecule has 1 rings (SSSR count). The molecule has 0 aromatic carbocycles. The lowest BCUT2D eigenvalue weighted by Crippen LogP contribution is -2.54. The van der Waals surface area contributed by atoms with Crippen LogP contribution in [0, 0.1) is 0 Å². The third-order valence-corrected chi connectivity index (χ3v) is 3.28. The first-order valence-electron chi connectivity index (χ1n) is 6.36. The number of carboxylic acids is 1. The van der Waals surface area contributed by atoms with E-state index in [1.54, 1.807) is 0 Å². The number of aliphatic carboxylic acids is 1. The van der Waals surface area contributed by atoms with Gasteiger partial charge in [-0.05, 0) is 46.7 Å². The van der Waals surface area contributed by atoms with Crippen molar-refractivity contribution in [1.82, 2.24) is 15.5 Å². The van der Waals surface area contributed by atoms with Crippen molar-refractivity contribution in [2.75, 3.05) is 19.6 Å². The monoisotopic (exact) mass is 257 g/mol. The average Bonchev–Trinajstić information content (AvgIpc) is 2.78. The maximum absolute atomic E-state index is 11.6. The van der Waals surface area contributed by atoms with Gasteiger partial charge >= 0.3 is 12.0 Å². The highest BCUT2D eigenvalue weighted by Gasteiger charge is 2.29. The number of carbonyl (C=O) groups excluding carboxylic acids is 1. The molecule has 1 heterocycles. The number of carbonyl (C=O) groups is 2. The van der Waals surface area contributed by atoms with Gasteiger partial charge in [-0.3, -0.25) is 4.90 Å². The van der Waals surface area contributed by atoms with E-state index >= 15 is 0 Å². The molecule has 0 aliphatic carbocycles. The zero-order chi connectivity index (χ0) is 13.8. The van der Waals surface area contributed by atoms with Gasteiger partial charge in [0.2, 0.25) is 0 Å². The van der Waals surface area contributed by atoms with Gasteiger partial charge in [-0.15, -0.1) is 0 Å². The second-order valence-corrected chi connectivity index (χ2v) is 5.36. The van der Waals surface area contributed by atoms with Gasteiger partial charge in [-0.2, -0.15) is 0 Å². The molecule has 3 N–H and O–H groups in total. The summed E-state index contributed by atoms with van der Waals surface area (Å²) in [6, 6.07) is -0.153. The zero-order valence-corrected chi connectivity index (χ0v) is 11.3. The Labute approximate surface area is 108 Å². The number of carboxylic acid groups (broad SMARTS) is 1. The average molecular weight is 257 g/mol. The van der Waals surface area contributed by atoms with E-state index in [4.69, 9.17) is 5.11 Å². The molecule has 6 nitrogen and oxygen atoms in total. The van der Waals surface area contributed by atoms with E-state index in [2.05, 4.69) is 22.5 Å². The fourth-order valence-corrected chi connectivity index (χ4v) is 1.93. The van der Waals surface area contributed by atoms with Crippen molar-refractivity contribution in [3.8, 4) is 0 Å². The molecule has 1 fully saturated rings. The first-order valence-corrected chi connectivity index (χ1v) is 6.36. The predicted octanol–water partition coefficient (Wildman–Crippen LogP) is 0.633. The molecule has 1 saturated heterocycles. The fraction of sp³-hybridized carbons (Fsp3) is 0.833. The first-order chi connectivity index (χ1) is 8.33. The molecule has 0 saturated carbocycles. The van der Waals surface area contributed by atoms with Crippen LogP contribution in [0.5, 0.6) is 0 Å². The van der Waals surface area contributed by atoms with Gasteiger partial charge in [0.15, 0.2) is 0 Å². The summed E-state index contributed by atoms with van der Waals surface area (Å²) < 4.78 is 0. The van der Waals surface area contributed by atoms with Gasteiger partial charge in [0.05, 0.1) is 0 Å². The van der Waals surface area contributed by atoms with E-state index in [0.717, 1.165) is 13.1 Å². The summed E-state index contributed by atoms with van der Waals surface area (Å²) in [5.74, 6) is -1.05. The van der Waals surface area contributed by atoms with E-state index < -0.39 is 17.5 Å². The second-order valence-electron chi connectivity index (χ2n) is 5.36. The standard InChI is InChI=1S/C12H23N3O3/c1-9(15-6-4-5-7-15)8-13-11(18)14-12(2,3)10(16)17/h9H,4-8H2,1-3H3,(H,16,17)(H2,13,14,18). The van der Waals surface area contributed by atoms with Crippen LogP contribution in [0.2, 0.25) is 0 Å². The number of hydrogen-bond donors (Lipinski definition) is 3. The van der Waals surface area contributed by atoms with Crippen LogP contribution in [0.4, 0.5) is 4.79 Å². The molecule has 1 unspecified atom stereocenters. The number of nitrogens with one attached hydrogen (secondary N) is 2. The lowest BCUT2D eigenvalue weighted by atomic mass is 10.1. The van der Waals surface area contributed by atoms with Gasteiger partial charge in [0.25, 0.3) is 0 Å². The number of rotatable bonds is 5. The maximum Gasteiger partial charge on any atom is 0.328 e. The third-order valence-electron chi connectivity index (χ3n) is 3.28. The first kappa shape index (κ1) is 14.8. The summed E-state index contributed by atoms with van der Waals surface area (Å²) in [5.41, 5.74) is -1.25. The highest BCUT2D eigenvalue weighted by molar-refractivity contribution is 5.85. The van der Waals surface area contributed by atoms with Crippen molar-refractivity contribution < 1.29 is 14.7 Å². The van der Waals surface area contributed by atoms with Crippen LogP contribution in [0.3, 0.4) is 0 Å². The van der Waals surface area contributed by atoms with Crippen LogP contribution >= 0.6 is 0 Å². The molecule has 1 aliphatic heterocycles. The molecule has 0 spiro atoms. The normalized spacial score (nSPS) is 18.4. The number of nitrogens with zero attached hydrogens (tertiary/aromatic N) is 1. The van der Waals surface area contributed by atoms with Crippen LogP contribution in [0.25, 0.3) is 0 Å². The minimum Gasteiger partial charge on any atom is -0.480 e. The third kappa shape index (κ3) is 4.18. The molecule has 18 heavy (non-hydrogen) atoms. The molecule has 1 atom stereocenters. The zero-order valence-electron chi connectivity index (χ0n) is 11.3. The van der Waals surface area contributed by atoms with Crippen molar-refractivity contribution >= 4 is 12.0 Å². The lowest BCUT2D eigenvalue weighted by molar-refractivity contribution is -0.142. The number of amides is 2. The lowest BCUT2D eigenvalue weighted by Gasteiger charge is -2.25. The smallest absolute Gasteiger partial charge is 0.328 e. The summed E-state index contributed by atoms with van der Waals surface area (Å²) >= 11 is 0. The molecular weight excluding hydrogens is 234 g/mol. The minimum absolute atomic E-state index is 0.284.